The fourth-order valence-corrected chi connectivity index (χ4v) is 4.14. The van der Waals surface area contributed by atoms with E-state index in [-0.39, 0.29) is 25.1 Å². The van der Waals surface area contributed by atoms with Gasteiger partial charge in [-0.3, -0.25) is 4.79 Å². The van der Waals surface area contributed by atoms with Gasteiger partial charge in [0.1, 0.15) is 6.26 Å². The van der Waals surface area contributed by atoms with Crippen molar-refractivity contribution in [3.05, 3.63) is 23.7 Å². The summed E-state index contributed by atoms with van der Waals surface area (Å²) in [6.45, 7) is 3.80. The van der Waals surface area contributed by atoms with Gasteiger partial charge in [0.15, 0.2) is 11.3 Å². The van der Waals surface area contributed by atoms with Gasteiger partial charge in [0.05, 0.1) is 30.7 Å². The molecule has 3 aromatic rings. The van der Waals surface area contributed by atoms with Crippen molar-refractivity contribution in [2.75, 3.05) is 54.5 Å². The van der Waals surface area contributed by atoms with Crippen molar-refractivity contribution in [3.63, 3.8) is 0 Å². The summed E-state index contributed by atoms with van der Waals surface area (Å²) in [6, 6.07) is 2.66. The number of morpholine rings is 1. The first-order valence-corrected chi connectivity index (χ1v) is 11.0. The van der Waals surface area contributed by atoms with E-state index in [0.29, 0.717) is 80.7 Å². The second kappa shape index (κ2) is 8.84. The summed E-state index contributed by atoms with van der Waals surface area (Å²) >= 11 is 0. The molecular weight excluding hydrogens is 448 g/mol. The van der Waals surface area contributed by atoms with Gasteiger partial charge in [-0.1, -0.05) is 0 Å². The zero-order chi connectivity index (χ0) is 21.7. The van der Waals surface area contributed by atoms with Gasteiger partial charge in [0, 0.05) is 38.2 Å². The number of carbonyl (C=O) groups excluding carboxylic acids is 1. The minimum atomic E-state index is -0.401. The van der Waals surface area contributed by atoms with E-state index in [9.17, 15) is 9.90 Å². The van der Waals surface area contributed by atoms with Crippen LogP contribution in [0, 0.1) is 0 Å². The van der Waals surface area contributed by atoms with Crippen LogP contribution in [0.1, 0.15) is 41.4 Å². The zero-order valence-corrected chi connectivity index (χ0v) is 19.0. The highest BCUT2D eigenvalue weighted by Crippen LogP contribution is 2.43. The maximum atomic E-state index is 12.9. The lowest BCUT2D eigenvalue weighted by Crippen LogP contribution is -2.36. The normalized spacial score (nSPS) is 20.8. The van der Waals surface area contributed by atoms with Crippen molar-refractivity contribution >= 4 is 48.3 Å². The summed E-state index contributed by atoms with van der Waals surface area (Å²) in [5.74, 6) is -0.0760. The van der Waals surface area contributed by atoms with Crippen molar-refractivity contribution in [2.24, 2.45) is 0 Å². The number of nitrogens with one attached hydrogen (secondary N) is 1. The van der Waals surface area contributed by atoms with E-state index in [1.54, 1.807) is 6.07 Å². The lowest BCUT2D eigenvalue weighted by atomic mass is 10.2. The Morgan fingerprint density at radius 1 is 1.06 bits per heavy atom. The molecule has 2 saturated heterocycles. The molecule has 33 heavy (non-hydrogen) atoms. The number of hydrogen-bond donors (Lipinski definition) is 2. The predicted octanol–water partition coefficient (Wildman–Crippen LogP) is 1.86. The van der Waals surface area contributed by atoms with E-state index in [1.165, 1.54) is 6.26 Å². The standard InChI is InChI=1S/C21H24N6O5.H2S/c28-13-3-4-27(10-13)20-23-15(11-31-20)19(29)22-14-9-16-18(24-17(14)12-1-2-12)25-21(32-16)26-5-7-30-8-6-26;/h9,11-13,28H,1-8,10H2,(H,22,29);1H2/t13-;/m0./s1. The predicted molar refractivity (Wildman–Crippen MR) is 124 cm³/mol. The molecule has 0 aromatic carbocycles. The quantitative estimate of drug-likeness (QED) is 0.565. The van der Waals surface area contributed by atoms with Crippen LogP contribution in [-0.2, 0) is 4.74 Å². The highest BCUT2D eigenvalue weighted by atomic mass is 32.1. The largest absolute Gasteiger partial charge is 0.431 e. The number of rotatable bonds is 5. The molecule has 5 heterocycles. The fraction of sp³-hybridized carbons (Fsp3) is 0.524. The molecule has 3 fully saturated rings. The first-order valence-electron chi connectivity index (χ1n) is 11.0. The SMILES string of the molecule is O=C(Nc1cc2oc(N3CCOCC3)nc2nc1C1CC1)c1coc(N2CC[C@H](O)C2)n1.S. The van der Waals surface area contributed by atoms with E-state index < -0.39 is 6.10 Å². The number of nitrogens with zero attached hydrogens (tertiary/aromatic N) is 5. The molecule has 0 radical (unpaired) electrons. The van der Waals surface area contributed by atoms with Crippen LogP contribution in [0.3, 0.4) is 0 Å². The van der Waals surface area contributed by atoms with E-state index in [1.807, 2.05) is 9.80 Å². The molecule has 176 valence electrons. The second-order valence-corrected chi connectivity index (χ2v) is 8.47. The van der Waals surface area contributed by atoms with Crippen molar-refractivity contribution in [1.29, 1.82) is 0 Å². The molecule has 1 saturated carbocycles. The third-order valence-electron chi connectivity index (χ3n) is 6.05. The van der Waals surface area contributed by atoms with Gasteiger partial charge in [0.2, 0.25) is 5.65 Å². The number of pyridine rings is 1. The van der Waals surface area contributed by atoms with Gasteiger partial charge in [-0.05, 0) is 19.3 Å². The molecule has 0 bridgehead atoms. The highest BCUT2D eigenvalue weighted by molar-refractivity contribution is 7.59. The molecule has 11 nitrogen and oxygen atoms in total. The molecule has 6 rings (SSSR count). The molecule has 0 unspecified atom stereocenters. The molecule has 1 atom stereocenters. The Bertz CT molecular complexity index is 1160. The number of ether oxygens (including phenoxy) is 1. The topological polar surface area (TPSA) is 130 Å². The molecule has 3 aliphatic rings. The molecule has 12 heteroatoms. The van der Waals surface area contributed by atoms with Crippen molar-refractivity contribution in [1.82, 2.24) is 15.0 Å². The second-order valence-electron chi connectivity index (χ2n) is 8.47. The minimum absolute atomic E-state index is 0. The van der Waals surface area contributed by atoms with Crippen LogP contribution in [0.4, 0.5) is 17.7 Å². The Morgan fingerprint density at radius 2 is 1.88 bits per heavy atom. The fourth-order valence-electron chi connectivity index (χ4n) is 4.14. The number of β-amino-alcohol motifs (C(OH)–C–C–N with tert-alkyl or cyclic N) is 1. The maximum absolute atomic E-state index is 12.9. The number of oxazole rings is 2. The van der Waals surface area contributed by atoms with Crippen LogP contribution in [-0.4, -0.2) is 71.5 Å². The Labute approximate surface area is 196 Å². The van der Waals surface area contributed by atoms with Crippen LogP contribution in [0.25, 0.3) is 11.2 Å². The van der Waals surface area contributed by atoms with Gasteiger partial charge >= 0.3 is 0 Å². The molecule has 1 aliphatic carbocycles. The third-order valence-corrected chi connectivity index (χ3v) is 6.05. The van der Waals surface area contributed by atoms with Crippen molar-refractivity contribution in [3.8, 4) is 0 Å². The number of amides is 1. The van der Waals surface area contributed by atoms with E-state index in [2.05, 4.69) is 15.3 Å². The number of hydrogen-bond acceptors (Lipinski definition) is 10. The molecule has 0 spiro atoms. The summed E-state index contributed by atoms with van der Waals surface area (Å²) < 4.78 is 16.8. The van der Waals surface area contributed by atoms with Crippen LogP contribution in [0.15, 0.2) is 21.2 Å². The average Bonchev–Trinajstić information content (AvgIpc) is 3.19. The smallest absolute Gasteiger partial charge is 0.300 e. The number of carbonyl (C=O) groups is 1. The van der Waals surface area contributed by atoms with Gasteiger partial charge in [-0.2, -0.15) is 23.5 Å². The van der Waals surface area contributed by atoms with Gasteiger partial charge < -0.3 is 33.8 Å². The molecule has 3 aromatic heterocycles. The lowest BCUT2D eigenvalue weighted by molar-refractivity contribution is 0.102. The summed E-state index contributed by atoms with van der Waals surface area (Å²) in [5, 5.41) is 12.6. The molecule has 2 aliphatic heterocycles. The van der Waals surface area contributed by atoms with E-state index in [0.717, 1.165) is 18.5 Å². The minimum Gasteiger partial charge on any atom is -0.431 e. The van der Waals surface area contributed by atoms with Crippen LogP contribution in [0.2, 0.25) is 0 Å². The summed E-state index contributed by atoms with van der Waals surface area (Å²) in [5.41, 5.74) is 2.67. The number of aliphatic hydroxyl groups is 1. The van der Waals surface area contributed by atoms with Crippen LogP contribution >= 0.6 is 13.5 Å². The number of fused-ring (bicyclic) bond motifs is 1. The first-order chi connectivity index (χ1) is 15.6. The van der Waals surface area contributed by atoms with E-state index >= 15 is 0 Å². The zero-order valence-electron chi connectivity index (χ0n) is 18.0. The molecular formula is C21H26N6O5S. The number of aliphatic hydroxyl groups excluding tert-OH is 1. The summed E-state index contributed by atoms with van der Waals surface area (Å²) in [7, 11) is 0. The monoisotopic (exact) mass is 474 g/mol. The Kier molecular flexibility index (Phi) is 5.89. The Hall–Kier alpha value is -2.83. The third kappa shape index (κ3) is 4.37. The highest BCUT2D eigenvalue weighted by Gasteiger charge is 2.31. The Balaban J connectivity index is 0.00000228. The number of anilines is 3. The van der Waals surface area contributed by atoms with Gasteiger partial charge in [-0.25, -0.2) is 4.98 Å². The van der Waals surface area contributed by atoms with Crippen LogP contribution < -0.4 is 15.1 Å². The molecule has 1 amide bonds. The van der Waals surface area contributed by atoms with Gasteiger partial charge in [-0.15, -0.1) is 0 Å². The number of aromatic nitrogens is 3. The van der Waals surface area contributed by atoms with Gasteiger partial charge in [0.25, 0.3) is 17.9 Å². The van der Waals surface area contributed by atoms with E-state index in [4.69, 9.17) is 18.6 Å². The Morgan fingerprint density at radius 3 is 2.61 bits per heavy atom. The lowest BCUT2D eigenvalue weighted by Gasteiger charge is -2.24. The summed E-state index contributed by atoms with van der Waals surface area (Å²) in [6.07, 6.45) is 3.65. The molecule has 2 N–H and O–H groups in total. The summed E-state index contributed by atoms with van der Waals surface area (Å²) in [4.78, 5) is 30.3. The van der Waals surface area contributed by atoms with Crippen LogP contribution in [0.5, 0.6) is 0 Å². The average molecular weight is 475 g/mol. The van der Waals surface area contributed by atoms with Crippen molar-refractivity contribution in [2.45, 2.75) is 31.3 Å². The first kappa shape index (κ1) is 22.0. The van der Waals surface area contributed by atoms with Crippen molar-refractivity contribution < 1.29 is 23.5 Å². The maximum Gasteiger partial charge on any atom is 0.300 e.